The lowest BCUT2D eigenvalue weighted by Gasteiger charge is -2.06. The van der Waals surface area contributed by atoms with Crippen molar-refractivity contribution in [1.29, 1.82) is 0 Å². The summed E-state index contributed by atoms with van der Waals surface area (Å²) in [5, 5.41) is 2.78. The molecule has 2 rings (SSSR count). The van der Waals surface area contributed by atoms with Gasteiger partial charge in [-0.25, -0.2) is 9.97 Å². The molecule has 1 amide bonds. The summed E-state index contributed by atoms with van der Waals surface area (Å²) in [5.74, 6) is 0.416. The van der Waals surface area contributed by atoms with Crippen LogP contribution in [-0.2, 0) is 0 Å². The summed E-state index contributed by atoms with van der Waals surface area (Å²) in [4.78, 5) is 19.8. The number of hydrogen-bond donors (Lipinski definition) is 1. The van der Waals surface area contributed by atoms with Crippen molar-refractivity contribution >= 4 is 27.5 Å². The molecule has 0 spiro atoms. The van der Waals surface area contributed by atoms with E-state index in [1.165, 1.54) is 12.4 Å². The van der Waals surface area contributed by atoms with E-state index in [4.69, 9.17) is 0 Å². The highest BCUT2D eigenvalue weighted by Crippen LogP contribution is 2.21. The van der Waals surface area contributed by atoms with Gasteiger partial charge in [0.1, 0.15) is 5.82 Å². The third-order valence-electron chi connectivity index (χ3n) is 2.17. The second-order valence-corrected chi connectivity index (χ2v) is 4.31. The van der Waals surface area contributed by atoms with Crippen LogP contribution in [0.2, 0.25) is 0 Å². The fourth-order valence-electron chi connectivity index (χ4n) is 1.27. The summed E-state index contributed by atoms with van der Waals surface area (Å²) in [6, 6.07) is 7.42. The van der Waals surface area contributed by atoms with Gasteiger partial charge < -0.3 is 5.32 Å². The van der Waals surface area contributed by atoms with Crippen LogP contribution in [-0.4, -0.2) is 15.9 Å². The first kappa shape index (κ1) is 11.7. The smallest absolute Gasteiger partial charge is 0.258 e. The van der Waals surface area contributed by atoms with E-state index in [9.17, 15) is 4.79 Å². The van der Waals surface area contributed by atoms with E-state index in [1.807, 2.05) is 24.3 Å². The number of nitrogens with one attached hydrogen (secondary N) is 1. The second kappa shape index (κ2) is 5.05. The maximum absolute atomic E-state index is 11.9. The van der Waals surface area contributed by atoms with Gasteiger partial charge in [0, 0.05) is 16.9 Å². The Hall–Kier alpha value is -1.75. The van der Waals surface area contributed by atoms with Crippen LogP contribution in [0.15, 0.2) is 41.1 Å². The number of hydrogen-bond acceptors (Lipinski definition) is 3. The average molecular weight is 292 g/mol. The number of halogens is 1. The van der Waals surface area contributed by atoms with E-state index in [-0.39, 0.29) is 5.91 Å². The molecule has 86 valence electrons. The van der Waals surface area contributed by atoms with Crippen LogP contribution >= 0.6 is 15.9 Å². The number of carbonyl (C=O) groups is 1. The van der Waals surface area contributed by atoms with Gasteiger partial charge in [-0.3, -0.25) is 4.79 Å². The van der Waals surface area contributed by atoms with Crippen molar-refractivity contribution in [2.75, 3.05) is 5.32 Å². The molecule has 0 saturated carbocycles. The molecule has 0 atom stereocenters. The Bertz CT molecular complexity index is 540. The zero-order chi connectivity index (χ0) is 12.3. The number of nitrogens with zero attached hydrogens (tertiary/aromatic N) is 2. The maximum atomic E-state index is 11.9. The average Bonchev–Trinajstić information content (AvgIpc) is 2.33. The van der Waals surface area contributed by atoms with Crippen LogP contribution in [0.5, 0.6) is 0 Å². The minimum absolute atomic E-state index is 0.225. The van der Waals surface area contributed by atoms with Crippen molar-refractivity contribution in [2.45, 2.75) is 6.92 Å². The highest BCUT2D eigenvalue weighted by molar-refractivity contribution is 9.10. The van der Waals surface area contributed by atoms with Crippen LogP contribution in [0, 0.1) is 6.92 Å². The molecule has 0 aliphatic heterocycles. The van der Waals surface area contributed by atoms with Gasteiger partial charge in [-0.05, 0) is 35.0 Å². The van der Waals surface area contributed by atoms with E-state index < -0.39 is 0 Å². The zero-order valence-corrected chi connectivity index (χ0v) is 10.7. The van der Waals surface area contributed by atoms with Gasteiger partial charge in [-0.1, -0.05) is 12.1 Å². The minimum Gasteiger partial charge on any atom is -0.321 e. The van der Waals surface area contributed by atoms with Crippen LogP contribution < -0.4 is 5.32 Å². The number of aromatic nitrogens is 2. The number of benzene rings is 1. The third-order valence-corrected chi connectivity index (χ3v) is 2.86. The van der Waals surface area contributed by atoms with Gasteiger partial charge in [-0.15, -0.1) is 0 Å². The Morgan fingerprint density at radius 2 is 1.88 bits per heavy atom. The molecule has 17 heavy (non-hydrogen) atoms. The van der Waals surface area contributed by atoms with Crippen molar-refractivity contribution in [1.82, 2.24) is 9.97 Å². The molecule has 0 bridgehead atoms. The Labute approximate surface area is 107 Å². The first-order valence-corrected chi connectivity index (χ1v) is 5.80. The molecule has 0 aliphatic carbocycles. The monoisotopic (exact) mass is 291 g/mol. The molecule has 5 heteroatoms. The van der Waals surface area contributed by atoms with Crippen LogP contribution in [0.3, 0.4) is 0 Å². The maximum Gasteiger partial charge on any atom is 0.258 e. The molecule has 0 aliphatic rings. The Morgan fingerprint density at radius 1 is 1.24 bits per heavy atom. The van der Waals surface area contributed by atoms with Crippen molar-refractivity contribution < 1.29 is 4.79 Å². The quantitative estimate of drug-likeness (QED) is 0.926. The first-order valence-electron chi connectivity index (χ1n) is 5.01. The Morgan fingerprint density at radius 3 is 2.53 bits per heavy atom. The third kappa shape index (κ3) is 2.88. The highest BCUT2D eigenvalue weighted by Gasteiger charge is 2.08. The molecule has 4 nitrogen and oxygen atoms in total. The topological polar surface area (TPSA) is 54.9 Å². The zero-order valence-electron chi connectivity index (χ0n) is 9.14. The van der Waals surface area contributed by atoms with E-state index in [0.29, 0.717) is 11.4 Å². The fraction of sp³-hybridized carbons (Fsp3) is 0.0833. The molecule has 0 radical (unpaired) electrons. The number of amides is 1. The summed E-state index contributed by atoms with van der Waals surface area (Å²) in [7, 11) is 0. The van der Waals surface area contributed by atoms with Crippen molar-refractivity contribution in [3.8, 4) is 0 Å². The SMILES string of the molecule is Cc1ncc(C(=O)Nc2ccccc2Br)cn1. The number of rotatable bonds is 2. The number of para-hydroxylation sites is 1. The Kier molecular flexibility index (Phi) is 3.49. The Balaban J connectivity index is 2.17. The van der Waals surface area contributed by atoms with Crippen LogP contribution in [0.1, 0.15) is 16.2 Å². The summed E-state index contributed by atoms with van der Waals surface area (Å²) < 4.78 is 0.835. The number of carbonyl (C=O) groups excluding carboxylic acids is 1. The van der Waals surface area contributed by atoms with Gasteiger partial charge in [0.25, 0.3) is 5.91 Å². The molecular weight excluding hydrogens is 282 g/mol. The van der Waals surface area contributed by atoms with E-state index in [0.717, 1.165) is 10.2 Å². The fourth-order valence-corrected chi connectivity index (χ4v) is 1.65. The van der Waals surface area contributed by atoms with Crippen molar-refractivity contribution in [3.05, 3.63) is 52.5 Å². The summed E-state index contributed by atoms with van der Waals surface area (Å²) in [6.45, 7) is 1.77. The van der Waals surface area contributed by atoms with Crippen LogP contribution in [0.25, 0.3) is 0 Å². The molecule has 0 saturated heterocycles. The molecule has 1 heterocycles. The van der Waals surface area contributed by atoms with Gasteiger partial charge in [0.15, 0.2) is 0 Å². The lowest BCUT2D eigenvalue weighted by atomic mass is 10.3. The van der Waals surface area contributed by atoms with Crippen molar-refractivity contribution in [2.24, 2.45) is 0 Å². The van der Waals surface area contributed by atoms with Gasteiger partial charge in [0.05, 0.1) is 11.3 Å². The second-order valence-electron chi connectivity index (χ2n) is 3.45. The molecule has 1 aromatic carbocycles. The number of anilines is 1. The molecule has 0 fully saturated rings. The molecule has 2 aromatic rings. The van der Waals surface area contributed by atoms with Crippen molar-refractivity contribution in [3.63, 3.8) is 0 Å². The normalized spacial score (nSPS) is 10.0. The van der Waals surface area contributed by atoms with E-state index in [2.05, 4.69) is 31.2 Å². The van der Waals surface area contributed by atoms with Gasteiger partial charge in [0.2, 0.25) is 0 Å². The van der Waals surface area contributed by atoms with Crippen LogP contribution in [0.4, 0.5) is 5.69 Å². The largest absolute Gasteiger partial charge is 0.321 e. The molecule has 0 unspecified atom stereocenters. The summed E-state index contributed by atoms with van der Waals surface area (Å²) in [5.41, 5.74) is 1.16. The predicted molar refractivity (Wildman–Crippen MR) is 68.9 cm³/mol. The van der Waals surface area contributed by atoms with E-state index in [1.54, 1.807) is 6.92 Å². The molecule has 1 N–H and O–H groups in total. The summed E-state index contributed by atoms with van der Waals surface area (Å²) in [6.07, 6.45) is 3.02. The lowest BCUT2D eigenvalue weighted by molar-refractivity contribution is 0.102. The van der Waals surface area contributed by atoms with Gasteiger partial charge in [-0.2, -0.15) is 0 Å². The van der Waals surface area contributed by atoms with E-state index >= 15 is 0 Å². The predicted octanol–water partition coefficient (Wildman–Crippen LogP) is 2.80. The summed E-state index contributed by atoms with van der Waals surface area (Å²) >= 11 is 3.36. The standard InChI is InChI=1S/C12H10BrN3O/c1-8-14-6-9(7-15-8)12(17)16-11-5-3-2-4-10(11)13/h2-7H,1H3,(H,16,17). The van der Waals surface area contributed by atoms with Gasteiger partial charge >= 0.3 is 0 Å². The lowest BCUT2D eigenvalue weighted by Crippen LogP contribution is -2.13. The highest BCUT2D eigenvalue weighted by atomic mass is 79.9. The minimum atomic E-state index is -0.225. The molecular formula is C12H10BrN3O. The number of aryl methyl sites for hydroxylation is 1. The molecule has 1 aromatic heterocycles. The first-order chi connectivity index (χ1) is 8.16.